The molecule has 2 aromatic rings. The number of aliphatic hydroxyl groups excluding tert-OH is 1. The summed E-state index contributed by atoms with van der Waals surface area (Å²) < 4.78 is 0. The fourth-order valence-corrected chi connectivity index (χ4v) is 3.53. The van der Waals surface area contributed by atoms with Crippen molar-refractivity contribution in [3.8, 4) is 0 Å². The fraction of sp³-hybridized carbons (Fsp3) is 0.412. The number of nitrogens with one attached hydrogen (secondary N) is 1. The number of hydrogen-bond acceptors (Lipinski definition) is 6. The van der Waals surface area contributed by atoms with Crippen LogP contribution >= 0.6 is 23.4 Å². The number of benzene rings is 1. The van der Waals surface area contributed by atoms with Gasteiger partial charge in [-0.05, 0) is 43.2 Å². The lowest BCUT2D eigenvalue weighted by Gasteiger charge is -2.31. The van der Waals surface area contributed by atoms with Crippen molar-refractivity contribution in [3.63, 3.8) is 0 Å². The molecule has 2 heterocycles. The van der Waals surface area contributed by atoms with Crippen molar-refractivity contribution in [2.45, 2.75) is 23.8 Å². The van der Waals surface area contributed by atoms with Crippen molar-refractivity contribution in [2.24, 2.45) is 0 Å². The van der Waals surface area contributed by atoms with Crippen molar-refractivity contribution in [1.29, 1.82) is 0 Å². The van der Waals surface area contributed by atoms with E-state index in [1.165, 1.54) is 4.90 Å². The number of thioether (sulfide) groups is 1. The van der Waals surface area contributed by atoms with E-state index in [0.29, 0.717) is 12.5 Å². The van der Waals surface area contributed by atoms with E-state index >= 15 is 0 Å². The maximum Gasteiger partial charge on any atom is 0.224 e. The summed E-state index contributed by atoms with van der Waals surface area (Å²) in [6.45, 7) is 2.35. The second-order valence-electron chi connectivity index (χ2n) is 5.71. The van der Waals surface area contributed by atoms with Crippen LogP contribution in [0.5, 0.6) is 0 Å². The lowest BCUT2D eigenvalue weighted by Crippen LogP contribution is -2.38. The molecule has 24 heavy (non-hydrogen) atoms. The van der Waals surface area contributed by atoms with Gasteiger partial charge in [0.15, 0.2) is 0 Å². The summed E-state index contributed by atoms with van der Waals surface area (Å²) in [5.41, 5.74) is 0. The summed E-state index contributed by atoms with van der Waals surface area (Å²) in [4.78, 5) is 12.1. The molecule has 0 radical (unpaired) electrons. The molecule has 1 aliphatic rings. The third-order valence-corrected chi connectivity index (χ3v) is 5.09. The van der Waals surface area contributed by atoms with Gasteiger partial charge in [0.05, 0.1) is 6.10 Å². The molecule has 0 amide bonds. The van der Waals surface area contributed by atoms with Gasteiger partial charge in [-0.1, -0.05) is 11.6 Å². The quantitative estimate of drug-likeness (QED) is 0.605. The lowest BCUT2D eigenvalue weighted by molar-refractivity contribution is 0.154. The third-order valence-electron chi connectivity index (χ3n) is 3.83. The average Bonchev–Trinajstić information content (AvgIpc) is 2.61. The van der Waals surface area contributed by atoms with Gasteiger partial charge in [0.1, 0.15) is 5.82 Å². The molecule has 128 valence electrons. The summed E-state index contributed by atoms with van der Waals surface area (Å²) in [6, 6.07) is 9.73. The molecule has 1 aliphatic heterocycles. The van der Waals surface area contributed by atoms with Crippen LogP contribution in [0.25, 0.3) is 0 Å². The predicted octanol–water partition coefficient (Wildman–Crippen LogP) is 3.30. The molecule has 2 N–H and O–H groups in total. The highest BCUT2D eigenvalue weighted by atomic mass is 35.5. The molecule has 5 nitrogen and oxygen atoms in total. The van der Waals surface area contributed by atoms with E-state index in [1.54, 1.807) is 18.0 Å². The standard InChI is InChI=1S/C17H21ClN4OS/c18-13-3-5-15(6-4-13)24-11-9-20-17-19-8-7-16(21-17)22-10-1-2-14(23)12-22/h3-8,14,23H,1-2,9-12H2,(H,19,20,21). The van der Waals surface area contributed by atoms with Crippen molar-refractivity contribution >= 4 is 35.1 Å². The Labute approximate surface area is 151 Å². The van der Waals surface area contributed by atoms with Gasteiger partial charge in [-0.2, -0.15) is 4.98 Å². The lowest BCUT2D eigenvalue weighted by atomic mass is 10.1. The van der Waals surface area contributed by atoms with Crippen molar-refractivity contribution in [1.82, 2.24) is 9.97 Å². The average molecular weight is 365 g/mol. The fourth-order valence-electron chi connectivity index (χ4n) is 2.64. The normalized spacial score (nSPS) is 17.8. The maximum absolute atomic E-state index is 9.80. The van der Waals surface area contributed by atoms with E-state index in [-0.39, 0.29) is 6.10 Å². The number of aromatic nitrogens is 2. The van der Waals surface area contributed by atoms with Crippen LogP contribution in [-0.2, 0) is 0 Å². The van der Waals surface area contributed by atoms with Crippen LogP contribution in [0.1, 0.15) is 12.8 Å². The molecule has 1 aromatic carbocycles. The van der Waals surface area contributed by atoms with Gasteiger partial charge in [0.25, 0.3) is 0 Å². The molecule has 0 spiro atoms. The zero-order valence-corrected chi connectivity index (χ0v) is 14.9. The molecule has 7 heteroatoms. The summed E-state index contributed by atoms with van der Waals surface area (Å²) in [7, 11) is 0. The van der Waals surface area contributed by atoms with Crippen molar-refractivity contribution in [2.75, 3.05) is 35.6 Å². The van der Waals surface area contributed by atoms with E-state index in [2.05, 4.69) is 20.2 Å². The van der Waals surface area contributed by atoms with Gasteiger partial charge in [0, 0.05) is 41.5 Å². The highest BCUT2D eigenvalue weighted by Gasteiger charge is 2.19. The number of nitrogens with zero attached hydrogens (tertiary/aromatic N) is 3. The first kappa shape index (κ1) is 17.3. The zero-order valence-electron chi connectivity index (χ0n) is 13.4. The maximum atomic E-state index is 9.80. The molecule has 0 bridgehead atoms. The van der Waals surface area contributed by atoms with E-state index in [0.717, 1.165) is 42.5 Å². The first-order valence-electron chi connectivity index (χ1n) is 8.09. The Morgan fingerprint density at radius 3 is 2.92 bits per heavy atom. The number of piperidine rings is 1. The smallest absolute Gasteiger partial charge is 0.224 e. The third kappa shape index (κ3) is 5.00. The number of anilines is 2. The first-order chi connectivity index (χ1) is 11.7. The minimum absolute atomic E-state index is 0.263. The second-order valence-corrected chi connectivity index (χ2v) is 7.31. The summed E-state index contributed by atoms with van der Waals surface area (Å²) in [5, 5.41) is 13.8. The molecular formula is C17H21ClN4OS. The van der Waals surface area contributed by atoms with Gasteiger partial charge in [-0.15, -0.1) is 11.8 Å². The SMILES string of the molecule is OC1CCCN(c2ccnc(NCCSc3ccc(Cl)cc3)n2)C1. The van der Waals surface area contributed by atoms with Gasteiger partial charge in [-0.3, -0.25) is 0 Å². The van der Waals surface area contributed by atoms with E-state index in [1.807, 2.05) is 30.3 Å². The van der Waals surface area contributed by atoms with Crippen molar-refractivity contribution in [3.05, 3.63) is 41.6 Å². The van der Waals surface area contributed by atoms with E-state index in [4.69, 9.17) is 11.6 Å². The number of halogens is 1. The van der Waals surface area contributed by atoms with Crippen LogP contribution in [0.15, 0.2) is 41.4 Å². The Morgan fingerprint density at radius 2 is 2.12 bits per heavy atom. The Balaban J connectivity index is 1.48. The van der Waals surface area contributed by atoms with Gasteiger partial charge >= 0.3 is 0 Å². The summed E-state index contributed by atoms with van der Waals surface area (Å²) in [6.07, 6.45) is 3.36. The van der Waals surface area contributed by atoms with E-state index in [9.17, 15) is 5.11 Å². The molecule has 1 saturated heterocycles. The molecule has 1 fully saturated rings. The molecule has 1 unspecified atom stereocenters. The second kappa shape index (κ2) is 8.55. The largest absolute Gasteiger partial charge is 0.391 e. The molecular weight excluding hydrogens is 344 g/mol. The highest BCUT2D eigenvalue weighted by Crippen LogP contribution is 2.21. The topological polar surface area (TPSA) is 61.3 Å². The van der Waals surface area contributed by atoms with Crippen LogP contribution < -0.4 is 10.2 Å². The molecule has 1 atom stereocenters. The molecule has 0 aliphatic carbocycles. The van der Waals surface area contributed by atoms with Crippen LogP contribution in [0.4, 0.5) is 11.8 Å². The van der Waals surface area contributed by atoms with Crippen LogP contribution in [0.3, 0.4) is 0 Å². The van der Waals surface area contributed by atoms with Crippen LogP contribution in [0, 0.1) is 0 Å². The number of β-amino-alcohol motifs (C(OH)–C–C–N with tert-alkyl or cyclic N) is 1. The van der Waals surface area contributed by atoms with E-state index < -0.39 is 0 Å². The summed E-state index contributed by atoms with van der Waals surface area (Å²) in [5.74, 6) is 2.42. The van der Waals surface area contributed by atoms with Crippen LogP contribution in [0.2, 0.25) is 5.02 Å². The zero-order chi connectivity index (χ0) is 16.8. The minimum atomic E-state index is -0.263. The van der Waals surface area contributed by atoms with Crippen LogP contribution in [-0.4, -0.2) is 46.6 Å². The first-order valence-corrected chi connectivity index (χ1v) is 9.45. The Kier molecular flexibility index (Phi) is 6.18. The highest BCUT2D eigenvalue weighted by molar-refractivity contribution is 7.99. The Morgan fingerprint density at radius 1 is 1.29 bits per heavy atom. The van der Waals surface area contributed by atoms with Gasteiger partial charge in [-0.25, -0.2) is 4.98 Å². The summed E-state index contributed by atoms with van der Waals surface area (Å²) >= 11 is 7.64. The number of aliphatic hydroxyl groups is 1. The Hall–Kier alpha value is -1.50. The molecule has 3 rings (SSSR count). The number of hydrogen-bond donors (Lipinski definition) is 2. The molecule has 0 saturated carbocycles. The predicted molar refractivity (Wildman–Crippen MR) is 100 cm³/mol. The number of rotatable bonds is 6. The van der Waals surface area contributed by atoms with Gasteiger partial charge in [0.2, 0.25) is 5.95 Å². The minimum Gasteiger partial charge on any atom is -0.391 e. The Bertz CT molecular complexity index is 655. The van der Waals surface area contributed by atoms with Crippen molar-refractivity contribution < 1.29 is 5.11 Å². The molecule has 1 aromatic heterocycles. The monoisotopic (exact) mass is 364 g/mol. The van der Waals surface area contributed by atoms with Gasteiger partial charge < -0.3 is 15.3 Å².